The van der Waals surface area contributed by atoms with Gasteiger partial charge in [-0.15, -0.1) is 0 Å². The molecule has 0 spiro atoms. The van der Waals surface area contributed by atoms with Crippen molar-refractivity contribution in [3.05, 3.63) is 65.5 Å². The fourth-order valence-electron chi connectivity index (χ4n) is 3.76. The zero-order chi connectivity index (χ0) is 18.8. The molecule has 2 aromatic rings. The smallest absolute Gasteiger partial charge is 0.253 e. The Morgan fingerprint density at radius 3 is 2.33 bits per heavy atom. The van der Waals surface area contributed by atoms with Gasteiger partial charge in [0, 0.05) is 44.0 Å². The molecule has 0 aromatic heterocycles. The number of nitrogens with zero attached hydrogens (tertiary/aromatic N) is 3. The zero-order valence-corrected chi connectivity index (χ0v) is 15.1. The number of hydrogen-bond donors (Lipinski definition) is 0. The van der Waals surface area contributed by atoms with Gasteiger partial charge in [0.2, 0.25) is 5.91 Å². The molecule has 2 aliphatic rings. The van der Waals surface area contributed by atoms with Gasteiger partial charge in [-0.25, -0.2) is 4.39 Å². The molecule has 6 heteroatoms. The van der Waals surface area contributed by atoms with E-state index in [2.05, 4.69) is 11.0 Å². The molecular weight excluding hydrogens is 345 g/mol. The van der Waals surface area contributed by atoms with Crippen molar-refractivity contribution in [2.24, 2.45) is 0 Å². The number of hydrogen-bond acceptors (Lipinski definition) is 3. The van der Waals surface area contributed by atoms with Crippen LogP contribution in [-0.4, -0.2) is 60.9 Å². The second kappa shape index (κ2) is 7.48. The summed E-state index contributed by atoms with van der Waals surface area (Å²) in [6, 6.07) is 13.7. The van der Waals surface area contributed by atoms with Crippen LogP contribution in [0.15, 0.2) is 48.5 Å². The van der Waals surface area contributed by atoms with Crippen LogP contribution in [0.1, 0.15) is 15.9 Å². The van der Waals surface area contributed by atoms with Gasteiger partial charge in [0.1, 0.15) is 5.82 Å². The third-order valence-electron chi connectivity index (χ3n) is 5.30. The highest BCUT2D eigenvalue weighted by atomic mass is 19.1. The number of carbonyl (C=O) groups excluding carboxylic acids is 2. The van der Waals surface area contributed by atoms with E-state index in [1.165, 1.54) is 29.8 Å². The number of carbonyl (C=O) groups is 2. The molecule has 2 heterocycles. The fraction of sp³-hybridized carbons (Fsp3) is 0.333. The summed E-state index contributed by atoms with van der Waals surface area (Å²) in [6.07, 6.45) is 0.905. The van der Waals surface area contributed by atoms with E-state index < -0.39 is 0 Å². The largest absolute Gasteiger partial charge is 0.336 e. The predicted octanol–water partition coefficient (Wildman–Crippen LogP) is 2.17. The Labute approximate surface area is 158 Å². The molecule has 27 heavy (non-hydrogen) atoms. The molecule has 0 unspecified atom stereocenters. The van der Waals surface area contributed by atoms with Crippen LogP contribution in [0, 0.1) is 5.82 Å². The van der Waals surface area contributed by atoms with E-state index in [9.17, 15) is 14.0 Å². The second-order valence-corrected chi connectivity index (χ2v) is 7.00. The highest BCUT2D eigenvalue weighted by molar-refractivity contribution is 5.97. The van der Waals surface area contributed by atoms with E-state index in [1.807, 2.05) is 23.1 Å². The monoisotopic (exact) mass is 367 g/mol. The maximum atomic E-state index is 13.0. The number of piperazine rings is 1. The lowest BCUT2D eigenvalue weighted by atomic mass is 10.1. The van der Waals surface area contributed by atoms with Crippen molar-refractivity contribution in [3.63, 3.8) is 0 Å². The van der Waals surface area contributed by atoms with E-state index in [4.69, 9.17) is 0 Å². The van der Waals surface area contributed by atoms with Gasteiger partial charge in [0.15, 0.2) is 0 Å². The molecule has 0 saturated carbocycles. The van der Waals surface area contributed by atoms with E-state index in [0.29, 0.717) is 38.3 Å². The van der Waals surface area contributed by atoms with Gasteiger partial charge < -0.3 is 9.80 Å². The molecule has 5 nitrogen and oxygen atoms in total. The molecule has 2 aromatic carbocycles. The van der Waals surface area contributed by atoms with Gasteiger partial charge in [0.25, 0.3) is 5.91 Å². The lowest BCUT2D eigenvalue weighted by Crippen LogP contribution is -2.51. The van der Waals surface area contributed by atoms with Gasteiger partial charge >= 0.3 is 0 Å². The number of amides is 2. The van der Waals surface area contributed by atoms with E-state index >= 15 is 0 Å². The van der Waals surface area contributed by atoms with E-state index in [0.717, 1.165) is 18.7 Å². The lowest BCUT2D eigenvalue weighted by molar-refractivity contribution is -0.120. The third-order valence-corrected chi connectivity index (χ3v) is 5.30. The van der Waals surface area contributed by atoms with Crippen LogP contribution in [0.5, 0.6) is 0 Å². The summed E-state index contributed by atoms with van der Waals surface area (Å²) < 4.78 is 13.0. The van der Waals surface area contributed by atoms with Gasteiger partial charge in [-0.05, 0) is 42.3 Å². The standard InChI is InChI=1S/C21H22FN3O2/c22-18-7-5-17(6-8-18)21(27)24-13-11-23(12-14-24)15-20(26)25-10-9-16-3-1-2-4-19(16)25/h1-8H,9-15H2. The maximum Gasteiger partial charge on any atom is 0.253 e. The highest BCUT2D eigenvalue weighted by Crippen LogP contribution is 2.27. The van der Waals surface area contributed by atoms with Crippen molar-refractivity contribution in [3.8, 4) is 0 Å². The molecule has 1 saturated heterocycles. The molecule has 140 valence electrons. The summed E-state index contributed by atoms with van der Waals surface area (Å²) in [6.45, 7) is 3.57. The summed E-state index contributed by atoms with van der Waals surface area (Å²) in [4.78, 5) is 30.9. The van der Waals surface area contributed by atoms with Crippen molar-refractivity contribution in [2.75, 3.05) is 44.2 Å². The molecule has 0 atom stereocenters. The summed E-state index contributed by atoms with van der Waals surface area (Å²) in [5.41, 5.74) is 2.74. The first-order valence-electron chi connectivity index (χ1n) is 9.27. The summed E-state index contributed by atoms with van der Waals surface area (Å²) >= 11 is 0. The first-order chi connectivity index (χ1) is 13.1. The van der Waals surface area contributed by atoms with Crippen LogP contribution in [0.2, 0.25) is 0 Å². The first kappa shape index (κ1) is 17.7. The molecule has 0 aliphatic carbocycles. The van der Waals surface area contributed by atoms with Crippen LogP contribution in [0.4, 0.5) is 10.1 Å². The summed E-state index contributed by atoms with van der Waals surface area (Å²) in [7, 11) is 0. The minimum absolute atomic E-state index is 0.0885. The van der Waals surface area contributed by atoms with Crippen LogP contribution >= 0.6 is 0 Å². The molecular formula is C21H22FN3O2. The first-order valence-corrected chi connectivity index (χ1v) is 9.27. The Hall–Kier alpha value is -2.73. The van der Waals surface area contributed by atoms with Gasteiger partial charge in [-0.3, -0.25) is 14.5 Å². The van der Waals surface area contributed by atoms with Crippen molar-refractivity contribution in [1.82, 2.24) is 9.80 Å². The zero-order valence-electron chi connectivity index (χ0n) is 15.1. The maximum absolute atomic E-state index is 13.0. The average Bonchev–Trinajstić information content (AvgIpc) is 3.13. The quantitative estimate of drug-likeness (QED) is 0.835. The predicted molar refractivity (Wildman–Crippen MR) is 101 cm³/mol. The average molecular weight is 367 g/mol. The van der Waals surface area contributed by atoms with Crippen LogP contribution in [-0.2, 0) is 11.2 Å². The number of halogens is 1. The molecule has 1 fully saturated rings. The van der Waals surface area contributed by atoms with Crippen LogP contribution < -0.4 is 4.90 Å². The topological polar surface area (TPSA) is 43.9 Å². The van der Waals surface area contributed by atoms with Gasteiger partial charge in [-0.1, -0.05) is 18.2 Å². The van der Waals surface area contributed by atoms with Crippen LogP contribution in [0.25, 0.3) is 0 Å². The number of fused-ring (bicyclic) bond motifs is 1. The lowest BCUT2D eigenvalue weighted by Gasteiger charge is -2.35. The fourth-order valence-corrected chi connectivity index (χ4v) is 3.76. The second-order valence-electron chi connectivity index (χ2n) is 7.00. The number of para-hydroxylation sites is 1. The molecule has 0 N–H and O–H groups in total. The molecule has 0 bridgehead atoms. The van der Waals surface area contributed by atoms with Gasteiger partial charge in [-0.2, -0.15) is 0 Å². The Balaban J connectivity index is 1.31. The van der Waals surface area contributed by atoms with Gasteiger partial charge in [0.05, 0.1) is 6.54 Å². The molecule has 4 rings (SSSR count). The van der Waals surface area contributed by atoms with E-state index in [1.54, 1.807) is 4.90 Å². The van der Waals surface area contributed by atoms with Crippen molar-refractivity contribution < 1.29 is 14.0 Å². The summed E-state index contributed by atoms with van der Waals surface area (Å²) in [5, 5.41) is 0. The minimum Gasteiger partial charge on any atom is -0.336 e. The van der Waals surface area contributed by atoms with E-state index in [-0.39, 0.29) is 17.6 Å². The van der Waals surface area contributed by atoms with Crippen LogP contribution in [0.3, 0.4) is 0 Å². The summed E-state index contributed by atoms with van der Waals surface area (Å²) in [5.74, 6) is -0.328. The normalized spacial score (nSPS) is 17.1. The SMILES string of the molecule is O=C(c1ccc(F)cc1)N1CCN(CC(=O)N2CCc3ccccc32)CC1. The Morgan fingerprint density at radius 1 is 0.889 bits per heavy atom. The molecule has 0 radical (unpaired) electrons. The number of benzene rings is 2. The highest BCUT2D eigenvalue weighted by Gasteiger charge is 2.28. The van der Waals surface area contributed by atoms with Crippen molar-refractivity contribution >= 4 is 17.5 Å². The Morgan fingerprint density at radius 2 is 1.59 bits per heavy atom. The molecule has 2 amide bonds. The third kappa shape index (κ3) is 3.71. The Kier molecular flexibility index (Phi) is 4.90. The molecule has 2 aliphatic heterocycles. The minimum atomic E-state index is -0.349. The van der Waals surface area contributed by atoms with Crippen molar-refractivity contribution in [1.29, 1.82) is 0 Å². The number of rotatable bonds is 3. The number of anilines is 1. The Bertz CT molecular complexity index is 845. The van der Waals surface area contributed by atoms with Crippen molar-refractivity contribution in [2.45, 2.75) is 6.42 Å².